The summed E-state index contributed by atoms with van der Waals surface area (Å²) in [5, 5.41) is -0.426. The lowest BCUT2D eigenvalue weighted by Gasteiger charge is -2.09. The molecule has 1 heterocycles. The zero-order chi connectivity index (χ0) is 10.1. The van der Waals surface area contributed by atoms with Gasteiger partial charge < -0.3 is 0 Å². The minimum atomic E-state index is -4.46. The van der Waals surface area contributed by atoms with Crippen LogP contribution in [0.1, 0.15) is 11.3 Å². The standard InChI is InChI=1S/C7H4Cl2F3N/c8-3-5-6(9)4(1-2-13-5)7(10,11)12/h1-2H,3H2. The van der Waals surface area contributed by atoms with E-state index >= 15 is 0 Å². The van der Waals surface area contributed by atoms with E-state index in [-0.39, 0.29) is 11.6 Å². The Hall–Kier alpha value is -0.480. The van der Waals surface area contributed by atoms with Crippen LogP contribution in [0.2, 0.25) is 5.02 Å². The van der Waals surface area contributed by atoms with Gasteiger partial charge in [0.1, 0.15) is 0 Å². The lowest BCUT2D eigenvalue weighted by molar-refractivity contribution is -0.137. The summed E-state index contributed by atoms with van der Waals surface area (Å²) in [7, 11) is 0. The average molecular weight is 230 g/mol. The predicted molar refractivity (Wildman–Crippen MR) is 43.8 cm³/mol. The molecule has 0 aliphatic rings. The SMILES string of the molecule is FC(F)(F)c1ccnc(CCl)c1Cl. The molecule has 0 amide bonds. The molecule has 0 bridgehead atoms. The van der Waals surface area contributed by atoms with Gasteiger partial charge in [0.2, 0.25) is 0 Å². The maximum Gasteiger partial charge on any atom is 0.417 e. The van der Waals surface area contributed by atoms with Gasteiger partial charge in [-0.3, -0.25) is 4.98 Å². The molecule has 0 unspecified atom stereocenters. The fourth-order valence-corrected chi connectivity index (χ4v) is 1.36. The van der Waals surface area contributed by atoms with Crippen molar-refractivity contribution in [3.8, 4) is 0 Å². The van der Waals surface area contributed by atoms with Gasteiger partial charge in [-0.15, -0.1) is 11.6 Å². The summed E-state index contributed by atoms with van der Waals surface area (Å²) in [5.74, 6) is -0.136. The Morgan fingerprint density at radius 3 is 2.46 bits per heavy atom. The normalized spacial score (nSPS) is 11.8. The Bertz CT molecular complexity index is 311. The molecule has 1 rings (SSSR count). The lowest BCUT2D eigenvalue weighted by atomic mass is 10.2. The van der Waals surface area contributed by atoms with E-state index in [1.807, 2.05) is 0 Å². The highest BCUT2D eigenvalue weighted by molar-refractivity contribution is 6.32. The van der Waals surface area contributed by atoms with Crippen molar-refractivity contribution < 1.29 is 13.2 Å². The number of halogens is 5. The first-order valence-electron chi connectivity index (χ1n) is 3.23. The Morgan fingerprint density at radius 2 is 2.00 bits per heavy atom. The molecule has 0 radical (unpaired) electrons. The second-order valence-electron chi connectivity index (χ2n) is 2.25. The molecule has 1 nitrogen and oxygen atoms in total. The van der Waals surface area contributed by atoms with Crippen molar-refractivity contribution >= 4 is 23.2 Å². The first-order valence-corrected chi connectivity index (χ1v) is 4.14. The van der Waals surface area contributed by atoms with Gasteiger partial charge in [0.25, 0.3) is 0 Å². The molecule has 0 aromatic carbocycles. The number of pyridine rings is 1. The number of alkyl halides is 4. The van der Waals surface area contributed by atoms with Crippen molar-refractivity contribution in [2.24, 2.45) is 0 Å². The van der Waals surface area contributed by atoms with E-state index < -0.39 is 16.8 Å². The smallest absolute Gasteiger partial charge is 0.258 e. The number of nitrogens with zero attached hydrogens (tertiary/aromatic N) is 1. The second kappa shape index (κ2) is 3.72. The van der Waals surface area contributed by atoms with Crippen LogP contribution in [-0.2, 0) is 12.1 Å². The fraction of sp³-hybridized carbons (Fsp3) is 0.286. The van der Waals surface area contributed by atoms with E-state index in [4.69, 9.17) is 23.2 Å². The van der Waals surface area contributed by atoms with Crippen LogP contribution in [0.15, 0.2) is 12.3 Å². The van der Waals surface area contributed by atoms with E-state index in [2.05, 4.69) is 4.98 Å². The molecule has 0 saturated carbocycles. The highest BCUT2D eigenvalue weighted by atomic mass is 35.5. The number of rotatable bonds is 1. The Morgan fingerprint density at radius 1 is 1.38 bits per heavy atom. The van der Waals surface area contributed by atoms with Gasteiger partial charge >= 0.3 is 6.18 Å². The highest BCUT2D eigenvalue weighted by Gasteiger charge is 2.34. The maximum atomic E-state index is 12.2. The minimum absolute atomic E-state index is 0.0400. The first-order chi connectivity index (χ1) is 5.96. The molecule has 72 valence electrons. The molecule has 1 aromatic rings. The first kappa shape index (κ1) is 10.6. The summed E-state index contributed by atoms with van der Waals surface area (Å²) < 4.78 is 36.6. The van der Waals surface area contributed by atoms with E-state index in [1.54, 1.807) is 0 Å². The quantitative estimate of drug-likeness (QED) is 0.673. The van der Waals surface area contributed by atoms with Gasteiger partial charge in [0.05, 0.1) is 22.2 Å². The van der Waals surface area contributed by atoms with Crippen LogP contribution < -0.4 is 0 Å². The van der Waals surface area contributed by atoms with E-state index in [1.165, 1.54) is 0 Å². The van der Waals surface area contributed by atoms with Gasteiger partial charge in [-0.2, -0.15) is 13.2 Å². The molecule has 0 N–H and O–H groups in total. The Labute approximate surface area is 82.5 Å². The monoisotopic (exact) mass is 229 g/mol. The third-order valence-corrected chi connectivity index (χ3v) is 2.07. The van der Waals surface area contributed by atoms with Crippen LogP contribution in [0.4, 0.5) is 13.2 Å². The molecular formula is C7H4Cl2F3N. The highest BCUT2D eigenvalue weighted by Crippen LogP contribution is 2.35. The summed E-state index contributed by atoms with van der Waals surface area (Å²) in [6, 6.07) is 0.818. The fourth-order valence-electron chi connectivity index (χ4n) is 0.799. The Kier molecular flexibility index (Phi) is 3.03. The summed E-state index contributed by atoms with van der Waals surface area (Å²) in [6.45, 7) is 0. The predicted octanol–water partition coefficient (Wildman–Crippen LogP) is 3.49. The zero-order valence-electron chi connectivity index (χ0n) is 6.20. The number of hydrogen-bond acceptors (Lipinski definition) is 1. The molecular weight excluding hydrogens is 226 g/mol. The molecule has 0 saturated heterocycles. The van der Waals surface area contributed by atoms with Crippen molar-refractivity contribution in [2.45, 2.75) is 12.1 Å². The van der Waals surface area contributed by atoms with Crippen molar-refractivity contribution in [2.75, 3.05) is 0 Å². The van der Waals surface area contributed by atoms with Crippen LogP contribution in [0.25, 0.3) is 0 Å². The maximum absolute atomic E-state index is 12.2. The lowest BCUT2D eigenvalue weighted by Crippen LogP contribution is -2.07. The minimum Gasteiger partial charge on any atom is -0.258 e. The average Bonchev–Trinajstić information content (AvgIpc) is 2.02. The second-order valence-corrected chi connectivity index (χ2v) is 2.90. The van der Waals surface area contributed by atoms with Gasteiger partial charge in [-0.1, -0.05) is 11.6 Å². The third kappa shape index (κ3) is 2.25. The van der Waals surface area contributed by atoms with Crippen LogP contribution >= 0.6 is 23.2 Å². The Balaban J connectivity index is 3.24. The van der Waals surface area contributed by atoms with Crippen LogP contribution in [0, 0.1) is 0 Å². The molecule has 13 heavy (non-hydrogen) atoms. The summed E-state index contributed by atoms with van der Waals surface area (Å²) in [4.78, 5) is 3.61. The summed E-state index contributed by atoms with van der Waals surface area (Å²) in [5.41, 5.74) is -0.863. The van der Waals surface area contributed by atoms with Gasteiger partial charge in [0, 0.05) is 6.20 Å². The van der Waals surface area contributed by atoms with E-state index in [9.17, 15) is 13.2 Å². The van der Waals surface area contributed by atoms with Gasteiger partial charge in [-0.05, 0) is 6.07 Å². The van der Waals surface area contributed by atoms with Crippen LogP contribution in [-0.4, -0.2) is 4.98 Å². The van der Waals surface area contributed by atoms with Crippen molar-refractivity contribution in [1.29, 1.82) is 0 Å². The van der Waals surface area contributed by atoms with Crippen molar-refractivity contribution in [3.63, 3.8) is 0 Å². The van der Waals surface area contributed by atoms with Crippen molar-refractivity contribution in [1.82, 2.24) is 4.98 Å². The summed E-state index contributed by atoms with van der Waals surface area (Å²) >= 11 is 10.8. The van der Waals surface area contributed by atoms with Gasteiger partial charge in [0.15, 0.2) is 0 Å². The molecule has 6 heteroatoms. The van der Waals surface area contributed by atoms with E-state index in [0.717, 1.165) is 12.3 Å². The molecule has 1 aromatic heterocycles. The largest absolute Gasteiger partial charge is 0.417 e. The third-order valence-electron chi connectivity index (χ3n) is 1.39. The molecule has 0 fully saturated rings. The van der Waals surface area contributed by atoms with Crippen LogP contribution in [0.5, 0.6) is 0 Å². The number of hydrogen-bond donors (Lipinski definition) is 0. The molecule has 0 spiro atoms. The summed E-state index contributed by atoms with van der Waals surface area (Å²) in [6.07, 6.45) is -3.42. The topological polar surface area (TPSA) is 12.9 Å². The molecule has 0 atom stereocenters. The van der Waals surface area contributed by atoms with E-state index in [0.29, 0.717) is 0 Å². The van der Waals surface area contributed by atoms with Gasteiger partial charge in [-0.25, -0.2) is 0 Å². The molecule has 0 aliphatic carbocycles. The zero-order valence-corrected chi connectivity index (χ0v) is 7.71. The van der Waals surface area contributed by atoms with Crippen LogP contribution in [0.3, 0.4) is 0 Å². The number of aromatic nitrogens is 1. The molecule has 0 aliphatic heterocycles. The van der Waals surface area contributed by atoms with Crippen molar-refractivity contribution in [3.05, 3.63) is 28.5 Å².